The van der Waals surface area contributed by atoms with Crippen LogP contribution in [0.15, 0.2) is 0 Å². The summed E-state index contributed by atoms with van der Waals surface area (Å²) in [4.78, 5) is 21.9. The van der Waals surface area contributed by atoms with Gasteiger partial charge in [-0.3, -0.25) is 4.79 Å². The lowest BCUT2D eigenvalue weighted by molar-refractivity contribution is -0.159. The SMILES string of the molecule is CCOC(=O)COC(=O)CCOCC(C)C. The molecule has 0 heterocycles. The molecule has 0 radical (unpaired) electrons. The molecule has 5 nitrogen and oxygen atoms in total. The van der Waals surface area contributed by atoms with E-state index in [1.54, 1.807) is 6.92 Å². The van der Waals surface area contributed by atoms with Gasteiger partial charge in [0.05, 0.1) is 19.6 Å². The van der Waals surface area contributed by atoms with Crippen LogP contribution in [-0.2, 0) is 23.8 Å². The van der Waals surface area contributed by atoms with Crippen molar-refractivity contribution < 1.29 is 23.8 Å². The van der Waals surface area contributed by atoms with Gasteiger partial charge in [-0.2, -0.15) is 0 Å². The highest BCUT2D eigenvalue weighted by atomic mass is 16.6. The summed E-state index contributed by atoms with van der Waals surface area (Å²) in [6.07, 6.45) is 0.159. The standard InChI is InChI=1S/C11H20O5/c1-4-15-11(13)8-16-10(12)5-6-14-7-9(2)3/h9H,4-8H2,1-3H3. The minimum Gasteiger partial charge on any atom is -0.463 e. The normalized spacial score (nSPS) is 10.2. The molecule has 0 rings (SSSR count). The van der Waals surface area contributed by atoms with Crippen LogP contribution in [0.25, 0.3) is 0 Å². The van der Waals surface area contributed by atoms with Crippen molar-refractivity contribution in [1.82, 2.24) is 0 Å². The van der Waals surface area contributed by atoms with Gasteiger partial charge in [-0.25, -0.2) is 4.79 Å². The summed E-state index contributed by atoms with van der Waals surface area (Å²) in [7, 11) is 0. The summed E-state index contributed by atoms with van der Waals surface area (Å²) in [5, 5.41) is 0. The van der Waals surface area contributed by atoms with Crippen molar-refractivity contribution in [3.63, 3.8) is 0 Å². The first-order chi connectivity index (χ1) is 7.56. The summed E-state index contributed by atoms with van der Waals surface area (Å²) in [5.74, 6) is -0.536. The zero-order valence-electron chi connectivity index (χ0n) is 10.2. The summed E-state index contributed by atoms with van der Waals surface area (Å²) >= 11 is 0. The van der Waals surface area contributed by atoms with Crippen molar-refractivity contribution in [3.05, 3.63) is 0 Å². The third-order valence-corrected chi connectivity index (χ3v) is 1.56. The maximum atomic E-state index is 11.1. The predicted molar refractivity (Wildman–Crippen MR) is 57.9 cm³/mol. The fourth-order valence-electron chi connectivity index (χ4n) is 0.889. The van der Waals surface area contributed by atoms with Crippen molar-refractivity contribution in [2.45, 2.75) is 27.2 Å². The van der Waals surface area contributed by atoms with Gasteiger partial charge in [0.1, 0.15) is 0 Å². The molecular weight excluding hydrogens is 212 g/mol. The highest BCUT2D eigenvalue weighted by molar-refractivity contribution is 5.76. The van der Waals surface area contributed by atoms with E-state index in [4.69, 9.17) is 4.74 Å². The van der Waals surface area contributed by atoms with Crippen LogP contribution < -0.4 is 0 Å². The van der Waals surface area contributed by atoms with Crippen LogP contribution in [0.2, 0.25) is 0 Å². The Bertz CT molecular complexity index is 212. The molecule has 16 heavy (non-hydrogen) atoms. The quantitative estimate of drug-likeness (QED) is 0.464. The molecule has 0 amide bonds. The Morgan fingerprint density at radius 1 is 1.12 bits per heavy atom. The molecule has 0 unspecified atom stereocenters. The van der Waals surface area contributed by atoms with Crippen LogP contribution in [0, 0.1) is 5.92 Å². The van der Waals surface area contributed by atoms with Gasteiger partial charge in [0.15, 0.2) is 6.61 Å². The second-order valence-electron chi connectivity index (χ2n) is 3.68. The van der Waals surface area contributed by atoms with Crippen molar-refractivity contribution in [2.24, 2.45) is 5.92 Å². The van der Waals surface area contributed by atoms with Gasteiger partial charge < -0.3 is 14.2 Å². The Morgan fingerprint density at radius 2 is 1.81 bits per heavy atom. The minimum atomic E-state index is -0.529. The second-order valence-corrected chi connectivity index (χ2v) is 3.68. The Labute approximate surface area is 96.1 Å². The number of rotatable bonds is 8. The topological polar surface area (TPSA) is 61.8 Å². The number of carbonyl (C=O) groups excluding carboxylic acids is 2. The maximum absolute atomic E-state index is 11.1. The van der Waals surface area contributed by atoms with Crippen LogP contribution in [0.5, 0.6) is 0 Å². The second kappa shape index (κ2) is 9.15. The van der Waals surface area contributed by atoms with Crippen LogP contribution in [-0.4, -0.2) is 38.4 Å². The number of esters is 2. The maximum Gasteiger partial charge on any atom is 0.344 e. The van der Waals surface area contributed by atoms with E-state index in [9.17, 15) is 9.59 Å². The molecule has 0 saturated heterocycles. The van der Waals surface area contributed by atoms with E-state index in [1.165, 1.54) is 0 Å². The molecule has 0 saturated carbocycles. The molecule has 0 atom stereocenters. The molecule has 94 valence electrons. The zero-order valence-corrected chi connectivity index (χ0v) is 10.2. The van der Waals surface area contributed by atoms with E-state index in [2.05, 4.69) is 9.47 Å². The molecule has 0 aliphatic carbocycles. The third kappa shape index (κ3) is 9.45. The lowest BCUT2D eigenvalue weighted by atomic mass is 10.2. The van der Waals surface area contributed by atoms with Gasteiger partial charge >= 0.3 is 11.9 Å². The summed E-state index contributed by atoms with van der Waals surface area (Å²) < 4.78 is 14.5. The number of carbonyl (C=O) groups is 2. The summed E-state index contributed by atoms with van der Waals surface area (Å²) in [5.41, 5.74) is 0. The van der Waals surface area contributed by atoms with Gasteiger partial charge in [0.25, 0.3) is 0 Å². The summed E-state index contributed by atoms with van der Waals surface area (Å²) in [6, 6.07) is 0. The first-order valence-corrected chi connectivity index (χ1v) is 5.45. The minimum absolute atomic E-state index is 0.159. The van der Waals surface area contributed by atoms with Crippen molar-refractivity contribution >= 4 is 11.9 Å². The Hall–Kier alpha value is -1.10. The fourth-order valence-corrected chi connectivity index (χ4v) is 0.889. The van der Waals surface area contributed by atoms with E-state index in [-0.39, 0.29) is 19.6 Å². The number of hydrogen-bond donors (Lipinski definition) is 0. The Kier molecular flexibility index (Phi) is 8.52. The highest BCUT2D eigenvalue weighted by Crippen LogP contribution is 1.95. The summed E-state index contributed by atoms with van der Waals surface area (Å²) in [6.45, 7) is 6.65. The molecule has 0 bridgehead atoms. The molecule has 0 aliphatic heterocycles. The van der Waals surface area contributed by atoms with Crippen molar-refractivity contribution in [3.8, 4) is 0 Å². The molecular formula is C11H20O5. The van der Waals surface area contributed by atoms with E-state index in [1.807, 2.05) is 13.8 Å². The lowest BCUT2D eigenvalue weighted by Gasteiger charge is -2.07. The van der Waals surface area contributed by atoms with Crippen LogP contribution in [0.1, 0.15) is 27.2 Å². The Morgan fingerprint density at radius 3 is 2.38 bits per heavy atom. The van der Waals surface area contributed by atoms with Gasteiger partial charge in [0.2, 0.25) is 0 Å². The fraction of sp³-hybridized carbons (Fsp3) is 0.818. The van der Waals surface area contributed by atoms with Crippen LogP contribution in [0.3, 0.4) is 0 Å². The molecule has 0 spiro atoms. The van der Waals surface area contributed by atoms with Crippen molar-refractivity contribution in [1.29, 1.82) is 0 Å². The van der Waals surface area contributed by atoms with Crippen LogP contribution in [0.4, 0.5) is 0 Å². The molecule has 0 aromatic rings. The number of ether oxygens (including phenoxy) is 3. The highest BCUT2D eigenvalue weighted by Gasteiger charge is 2.07. The van der Waals surface area contributed by atoms with E-state index in [0.29, 0.717) is 19.1 Å². The molecule has 0 aliphatic rings. The number of hydrogen-bond acceptors (Lipinski definition) is 5. The monoisotopic (exact) mass is 232 g/mol. The van der Waals surface area contributed by atoms with Gasteiger partial charge in [-0.15, -0.1) is 0 Å². The van der Waals surface area contributed by atoms with E-state index >= 15 is 0 Å². The molecule has 0 fully saturated rings. The molecule has 5 heteroatoms. The average Bonchev–Trinajstić information content (AvgIpc) is 2.22. The first kappa shape index (κ1) is 14.9. The Balaban J connectivity index is 3.41. The molecule has 0 N–H and O–H groups in total. The smallest absolute Gasteiger partial charge is 0.344 e. The van der Waals surface area contributed by atoms with E-state index in [0.717, 1.165) is 0 Å². The van der Waals surface area contributed by atoms with Gasteiger partial charge in [-0.05, 0) is 12.8 Å². The van der Waals surface area contributed by atoms with Gasteiger partial charge in [-0.1, -0.05) is 13.8 Å². The van der Waals surface area contributed by atoms with Crippen LogP contribution >= 0.6 is 0 Å². The lowest BCUT2D eigenvalue weighted by Crippen LogP contribution is -2.17. The first-order valence-electron chi connectivity index (χ1n) is 5.45. The van der Waals surface area contributed by atoms with Gasteiger partial charge in [0, 0.05) is 6.61 Å². The molecule has 0 aromatic heterocycles. The van der Waals surface area contributed by atoms with E-state index < -0.39 is 11.9 Å². The molecule has 0 aromatic carbocycles. The third-order valence-electron chi connectivity index (χ3n) is 1.56. The van der Waals surface area contributed by atoms with Crippen molar-refractivity contribution in [2.75, 3.05) is 26.4 Å². The average molecular weight is 232 g/mol. The largest absolute Gasteiger partial charge is 0.463 e. The predicted octanol–water partition coefficient (Wildman–Crippen LogP) is 1.16. The zero-order chi connectivity index (χ0) is 12.4.